The van der Waals surface area contributed by atoms with Gasteiger partial charge in [-0.3, -0.25) is 20.2 Å². The van der Waals surface area contributed by atoms with E-state index in [0.29, 0.717) is 26.3 Å². The SMILES string of the molecule is O=[N+]([O-])c1ccc(NN2CCOCC2)c([N+](=O)[O-])c1. The Bertz CT molecular complexity index is 501. The van der Waals surface area contributed by atoms with E-state index >= 15 is 0 Å². The van der Waals surface area contributed by atoms with Crippen LogP contribution in [0.15, 0.2) is 18.2 Å². The van der Waals surface area contributed by atoms with Crippen molar-refractivity contribution >= 4 is 17.1 Å². The van der Waals surface area contributed by atoms with E-state index in [9.17, 15) is 20.2 Å². The van der Waals surface area contributed by atoms with Crippen LogP contribution >= 0.6 is 0 Å². The lowest BCUT2D eigenvalue weighted by molar-refractivity contribution is -0.393. The first-order valence-electron chi connectivity index (χ1n) is 5.60. The Morgan fingerprint density at radius 3 is 2.42 bits per heavy atom. The van der Waals surface area contributed by atoms with E-state index in [1.165, 1.54) is 12.1 Å². The van der Waals surface area contributed by atoms with Crippen molar-refractivity contribution < 1.29 is 14.6 Å². The largest absolute Gasteiger partial charge is 0.379 e. The van der Waals surface area contributed by atoms with Crippen molar-refractivity contribution in [1.29, 1.82) is 0 Å². The van der Waals surface area contributed by atoms with E-state index in [2.05, 4.69) is 5.43 Å². The summed E-state index contributed by atoms with van der Waals surface area (Å²) in [4.78, 5) is 20.2. The summed E-state index contributed by atoms with van der Waals surface area (Å²) in [5.41, 5.74) is 2.49. The van der Waals surface area contributed by atoms with Crippen LogP contribution in [0, 0.1) is 20.2 Å². The molecule has 1 aromatic rings. The Kier molecular flexibility index (Phi) is 3.88. The molecule has 1 saturated heterocycles. The van der Waals surface area contributed by atoms with Gasteiger partial charge < -0.3 is 10.2 Å². The molecule has 1 heterocycles. The molecular formula is C10H12N4O5. The molecule has 0 unspecified atom stereocenters. The van der Waals surface area contributed by atoms with Crippen molar-refractivity contribution in [2.45, 2.75) is 0 Å². The fraction of sp³-hybridized carbons (Fsp3) is 0.400. The quantitative estimate of drug-likeness (QED) is 0.644. The van der Waals surface area contributed by atoms with Crippen LogP contribution in [0.5, 0.6) is 0 Å². The third-order valence-corrected chi connectivity index (χ3v) is 2.68. The highest BCUT2D eigenvalue weighted by molar-refractivity contribution is 5.64. The lowest BCUT2D eigenvalue weighted by Gasteiger charge is -2.27. The summed E-state index contributed by atoms with van der Waals surface area (Å²) in [6.45, 7) is 2.25. The van der Waals surface area contributed by atoms with Gasteiger partial charge in [-0.25, -0.2) is 5.01 Å². The Morgan fingerprint density at radius 2 is 1.84 bits per heavy atom. The van der Waals surface area contributed by atoms with E-state index in [1.54, 1.807) is 5.01 Å². The second kappa shape index (κ2) is 5.59. The highest BCUT2D eigenvalue weighted by atomic mass is 16.6. The van der Waals surface area contributed by atoms with Crippen molar-refractivity contribution in [1.82, 2.24) is 5.01 Å². The predicted molar refractivity (Wildman–Crippen MR) is 65.8 cm³/mol. The number of hydrazine groups is 1. The van der Waals surface area contributed by atoms with Crippen LogP contribution in [0.2, 0.25) is 0 Å². The number of nitro benzene ring substituents is 2. The number of benzene rings is 1. The van der Waals surface area contributed by atoms with Crippen molar-refractivity contribution in [2.75, 3.05) is 31.7 Å². The topological polar surface area (TPSA) is 111 Å². The number of nitrogens with one attached hydrogen (secondary N) is 1. The van der Waals surface area contributed by atoms with Gasteiger partial charge in [0.1, 0.15) is 5.69 Å². The molecular weight excluding hydrogens is 256 g/mol. The van der Waals surface area contributed by atoms with Gasteiger partial charge in [0, 0.05) is 19.2 Å². The second-order valence-electron chi connectivity index (χ2n) is 3.93. The highest BCUT2D eigenvalue weighted by Crippen LogP contribution is 2.29. The van der Waals surface area contributed by atoms with Crippen LogP contribution in [0.1, 0.15) is 0 Å². The van der Waals surface area contributed by atoms with E-state index < -0.39 is 9.85 Å². The van der Waals surface area contributed by atoms with Crippen LogP contribution in [0.4, 0.5) is 17.1 Å². The average molecular weight is 268 g/mol. The first-order chi connectivity index (χ1) is 9.08. The molecule has 0 saturated carbocycles. The molecule has 1 fully saturated rings. The van der Waals surface area contributed by atoms with Crippen molar-refractivity contribution in [3.63, 3.8) is 0 Å². The fourth-order valence-electron chi connectivity index (χ4n) is 1.72. The molecule has 1 N–H and O–H groups in total. The lowest BCUT2D eigenvalue weighted by Crippen LogP contribution is -2.40. The van der Waals surface area contributed by atoms with Gasteiger partial charge in [-0.15, -0.1) is 0 Å². The maximum atomic E-state index is 10.9. The number of morpholine rings is 1. The zero-order chi connectivity index (χ0) is 13.8. The summed E-state index contributed by atoms with van der Waals surface area (Å²) in [5.74, 6) is 0. The van der Waals surface area contributed by atoms with Crippen LogP contribution in [-0.4, -0.2) is 41.2 Å². The Hall–Kier alpha value is -2.26. The molecule has 9 heteroatoms. The van der Waals surface area contributed by atoms with E-state index in [-0.39, 0.29) is 17.1 Å². The van der Waals surface area contributed by atoms with Crippen LogP contribution in [0.3, 0.4) is 0 Å². The molecule has 0 aliphatic carbocycles. The maximum absolute atomic E-state index is 10.9. The van der Waals surface area contributed by atoms with E-state index in [0.717, 1.165) is 6.07 Å². The molecule has 0 aromatic heterocycles. The van der Waals surface area contributed by atoms with Crippen LogP contribution < -0.4 is 5.43 Å². The molecule has 0 spiro atoms. The van der Waals surface area contributed by atoms with Gasteiger partial charge in [-0.05, 0) is 6.07 Å². The van der Waals surface area contributed by atoms with Crippen molar-refractivity contribution in [2.24, 2.45) is 0 Å². The molecule has 2 rings (SSSR count). The minimum atomic E-state index is -0.661. The Morgan fingerprint density at radius 1 is 1.16 bits per heavy atom. The number of nitrogens with zero attached hydrogens (tertiary/aromatic N) is 3. The predicted octanol–water partition coefficient (Wildman–Crippen LogP) is 1.16. The molecule has 0 amide bonds. The summed E-state index contributed by atoms with van der Waals surface area (Å²) in [6.07, 6.45) is 0. The van der Waals surface area contributed by atoms with Gasteiger partial charge >= 0.3 is 5.69 Å². The minimum absolute atomic E-state index is 0.234. The summed E-state index contributed by atoms with van der Waals surface area (Å²) < 4.78 is 5.16. The molecule has 9 nitrogen and oxygen atoms in total. The maximum Gasteiger partial charge on any atom is 0.300 e. The molecule has 1 aliphatic rings. The summed E-state index contributed by atoms with van der Waals surface area (Å²) in [5, 5.41) is 23.3. The smallest absolute Gasteiger partial charge is 0.300 e. The Balaban J connectivity index is 2.23. The van der Waals surface area contributed by atoms with Gasteiger partial charge in [-0.1, -0.05) is 0 Å². The number of hydrogen-bond acceptors (Lipinski definition) is 7. The molecule has 1 aromatic carbocycles. The van der Waals surface area contributed by atoms with E-state index in [4.69, 9.17) is 4.74 Å². The minimum Gasteiger partial charge on any atom is -0.379 e. The summed E-state index contributed by atoms with van der Waals surface area (Å²) >= 11 is 0. The van der Waals surface area contributed by atoms with Gasteiger partial charge in [0.05, 0.1) is 29.1 Å². The van der Waals surface area contributed by atoms with Crippen molar-refractivity contribution in [3.8, 4) is 0 Å². The second-order valence-corrected chi connectivity index (χ2v) is 3.93. The summed E-state index contributed by atoms with van der Waals surface area (Å²) in [7, 11) is 0. The average Bonchev–Trinajstić information content (AvgIpc) is 2.39. The number of hydrogen-bond donors (Lipinski definition) is 1. The lowest BCUT2D eigenvalue weighted by atomic mass is 10.2. The molecule has 0 atom stereocenters. The summed E-state index contributed by atoms with van der Waals surface area (Å²) in [6, 6.07) is 3.52. The monoisotopic (exact) mass is 268 g/mol. The number of ether oxygens (including phenoxy) is 1. The third-order valence-electron chi connectivity index (χ3n) is 2.68. The number of nitro groups is 2. The molecule has 19 heavy (non-hydrogen) atoms. The van der Waals surface area contributed by atoms with Gasteiger partial charge in [0.2, 0.25) is 0 Å². The number of non-ortho nitro benzene ring substituents is 1. The number of rotatable bonds is 4. The third kappa shape index (κ3) is 3.14. The number of anilines is 1. The molecule has 102 valence electrons. The standard InChI is InChI=1S/C10H12N4O5/c15-13(16)8-1-2-9(10(7-8)14(17)18)11-12-3-5-19-6-4-12/h1-2,7,11H,3-6H2. The van der Waals surface area contributed by atoms with E-state index in [1.807, 2.05) is 0 Å². The van der Waals surface area contributed by atoms with Crippen LogP contribution in [-0.2, 0) is 4.74 Å². The zero-order valence-electron chi connectivity index (χ0n) is 9.94. The van der Waals surface area contributed by atoms with Gasteiger partial charge in [-0.2, -0.15) is 0 Å². The normalized spacial score (nSPS) is 16.0. The van der Waals surface area contributed by atoms with Crippen molar-refractivity contribution in [3.05, 3.63) is 38.4 Å². The molecule has 0 radical (unpaired) electrons. The van der Waals surface area contributed by atoms with Gasteiger partial charge in [0.15, 0.2) is 0 Å². The Labute approximate surface area is 108 Å². The first kappa shape index (κ1) is 13.2. The first-order valence-corrected chi connectivity index (χ1v) is 5.60. The van der Waals surface area contributed by atoms with Crippen LogP contribution in [0.25, 0.3) is 0 Å². The van der Waals surface area contributed by atoms with Gasteiger partial charge in [0.25, 0.3) is 5.69 Å². The zero-order valence-corrected chi connectivity index (χ0v) is 9.94. The highest BCUT2D eigenvalue weighted by Gasteiger charge is 2.21. The fourth-order valence-corrected chi connectivity index (χ4v) is 1.72. The molecule has 0 bridgehead atoms. The molecule has 1 aliphatic heterocycles.